The third-order valence-electron chi connectivity index (χ3n) is 5.63. The number of rotatable bonds is 11. The third kappa shape index (κ3) is 6.32. The standard InChI is InChI=1S/C28H30N2O4/c1-2-34-27(33)18-19-29-26(32)21-30-25(31)20-28(22-12-6-3-7-13-22,23-14-8-4-9-15-23)24-16-10-5-11-17-24/h3-17H,2,18-21H2,1H3,(H,29,32)(H,30,31). The van der Waals surface area contributed by atoms with Crippen LogP contribution in [0, 0.1) is 0 Å². The number of benzene rings is 3. The first kappa shape index (κ1) is 24.7. The van der Waals surface area contributed by atoms with Crippen molar-refractivity contribution in [3.8, 4) is 0 Å². The van der Waals surface area contributed by atoms with Gasteiger partial charge in [-0.25, -0.2) is 0 Å². The molecule has 0 radical (unpaired) electrons. The third-order valence-corrected chi connectivity index (χ3v) is 5.63. The van der Waals surface area contributed by atoms with Crippen LogP contribution >= 0.6 is 0 Å². The summed E-state index contributed by atoms with van der Waals surface area (Å²) >= 11 is 0. The fraction of sp³-hybridized carbons (Fsp3) is 0.250. The van der Waals surface area contributed by atoms with Crippen molar-refractivity contribution < 1.29 is 19.1 Å². The maximum absolute atomic E-state index is 13.2. The number of carbonyl (C=O) groups excluding carboxylic acids is 3. The van der Waals surface area contributed by atoms with Crippen LogP contribution in [0.15, 0.2) is 91.0 Å². The maximum atomic E-state index is 13.2. The SMILES string of the molecule is CCOC(=O)CCNC(=O)CNC(=O)CC(c1ccccc1)(c1ccccc1)c1ccccc1. The first-order valence-electron chi connectivity index (χ1n) is 11.4. The molecule has 2 amide bonds. The molecule has 34 heavy (non-hydrogen) atoms. The van der Waals surface area contributed by atoms with Gasteiger partial charge in [-0.15, -0.1) is 0 Å². The van der Waals surface area contributed by atoms with E-state index in [-0.39, 0.29) is 43.7 Å². The van der Waals surface area contributed by atoms with Gasteiger partial charge in [-0.2, -0.15) is 0 Å². The molecule has 0 unspecified atom stereocenters. The topological polar surface area (TPSA) is 84.5 Å². The zero-order chi connectivity index (χ0) is 24.2. The zero-order valence-electron chi connectivity index (χ0n) is 19.3. The Morgan fingerprint density at radius 2 is 1.18 bits per heavy atom. The molecule has 3 aromatic carbocycles. The van der Waals surface area contributed by atoms with Crippen molar-refractivity contribution >= 4 is 17.8 Å². The quantitative estimate of drug-likeness (QED) is 0.340. The summed E-state index contributed by atoms with van der Waals surface area (Å²) in [5.41, 5.74) is 2.23. The monoisotopic (exact) mass is 458 g/mol. The summed E-state index contributed by atoms with van der Waals surface area (Å²) in [5, 5.41) is 5.37. The number of ether oxygens (including phenoxy) is 1. The highest BCUT2D eigenvalue weighted by Crippen LogP contribution is 2.42. The summed E-state index contributed by atoms with van der Waals surface area (Å²) in [6.07, 6.45) is 0.216. The smallest absolute Gasteiger partial charge is 0.307 e. The average Bonchev–Trinajstić information content (AvgIpc) is 2.88. The fourth-order valence-electron chi connectivity index (χ4n) is 4.06. The van der Waals surface area contributed by atoms with Crippen molar-refractivity contribution in [2.45, 2.75) is 25.2 Å². The van der Waals surface area contributed by atoms with Crippen LogP contribution in [0.5, 0.6) is 0 Å². The van der Waals surface area contributed by atoms with Crippen LogP contribution in [0.25, 0.3) is 0 Å². The highest BCUT2D eigenvalue weighted by molar-refractivity contribution is 5.86. The summed E-state index contributed by atoms with van der Waals surface area (Å²) in [4.78, 5) is 36.8. The first-order valence-corrected chi connectivity index (χ1v) is 11.4. The van der Waals surface area contributed by atoms with Crippen molar-refractivity contribution in [2.24, 2.45) is 0 Å². The van der Waals surface area contributed by atoms with Crippen molar-refractivity contribution in [3.05, 3.63) is 108 Å². The molecule has 0 aliphatic heterocycles. The summed E-state index contributed by atoms with van der Waals surface area (Å²) in [6, 6.07) is 29.8. The molecule has 2 N–H and O–H groups in total. The fourth-order valence-corrected chi connectivity index (χ4v) is 4.06. The van der Waals surface area contributed by atoms with E-state index in [0.29, 0.717) is 6.61 Å². The van der Waals surface area contributed by atoms with E-state index < -0.39 is 5.41 Å². The Labute approximate surface area is 200 Å². The van der Waals surface area contributed by atoms with Gasteiger partial charge in [0.25, 0.3) is 0 Å². The molecule has 3 rings (SSSR count). The molecule has 176 valence electrons. The molecule has 6 nitrogen and oxygen atoms in total. The van der Waals surface area contributed by atoms with E-state index in [4.69, 9.17) is 4.74 Å². The Balaban J connectivity index is 1.79. The minimum atomic E-state index is -0.728. The molecule has 0 aromatic heterocycles. The van der Waals surface area contributed by atoms with E-state index in [0.717, 1.165) is 16.7 Å². The number of amides is 2. The highest BCUT2D eigenvalue weighted by Gasteiger charge is 2.38. The molecule has 0 aliphatic carbocycles. The molecular weight excluding hydrogens is 428 g/mol. The average molecular weight is 459 g/mol. The second kappa shape index (κ2) is 12.3. The molecule has 0 saturated heterocycles. The molecular formula is C28H30N2O4. The van der Waals surface area contributed by atoms with E-state index in [2.05, 4.69) is 10.6 Å². The van der Waals surface area contributed by atoms with E-state index in [9.17, 15) is 14.4 Å². The minimum absolute atomic E-state index is 0.0899. The number of nitrogens with one attached hydrogen (secondary N) is 2. The van der Waals surface area contributed by atoms with Crippen LogP contribution in [-0.2, 0) is 24.5 Å². The highest BCUT2D eigenvalue weighted by atomic mass is 16.5. The summed E-state index contributed by atoms with van der Waals surface area (Å²) in [5.74, 6) is -0.982. The van der Waals surface area contributed by atoms with Crippen LogP contribution in [0.3, 0.4) is 0 Å². The van der Waals surface area contributed by atoms with Gasteiger partial charge < -0.3 is 15.4 Å². The number of esters is 1. The number of hydrogen-bond donors (Lipinski definition) is 2. The minimum Gasteiger partial charge on any atom is -0.466 e. The van der Waals surface area contributed by atoms with Crippen LogP contribution in [0.2, 0.25) is 0 Å². The number of carbonyl (C=O) groups is 3. The molecule has 0 spiro atoms. The maximum Gasteiger partial charge on any atom is 0.307 e. The lowest BCUT2D eigenvalue weighted by Crippen LogP contribution is -2.41. The Bertz CT molecular complexity index is 973. The number of hydrogen-bond acceptors (Lipinski definition) is 4. The molecule has 0 fully saturated rings. The predicted octanol–water partition coefficient (Wildman–Crippen LogP) is 3.60. The van der Waals surface area contributed by atoms with Crippen LogP contribution in [-0.4, -0.2) is 37.5 Å². The predicted molar refractivity (Wildman–Crippen MR) is 131 cm³/mol. The van der Waals surface area contributed by atoms with Crippen molar-refractivity contribution in [1.29, 1.82) is 0 Å². The summed E-state index contributed by atoms with van der Waals surface area (Å²) in [7, 11) is 0. The van der Waals surface area contributed by atoms with Crippen LogP contribution < -0.4 is 10.6 Å². The van der Waals surface area contributed by atoms with Gasteiger partial charge in [0.1, 0.15) is 0 Å². The summed E-state index contributed by atoms with van der Waals surface area (Å²) < 4.78 is 4.84. The van der Waals surface area contributed by atoms with E-state index in [1.165, 1.54) is 0 Å². The van der Waals surface area contributed by atoms with Gasteiger partial charge in [-0.3, -0.25) is 14.4 Å². The lowest BCUT2D eigenvalue weighted by atomic mass is 9.67. The van der Waals surface area contributed by atoms with E-state index >= 15 is 0 Å². The van der Waals surface area contributed by atoms with Gasteiger partial charge in [0.15, 0.2) is 0 Å². The van der Waals surface area contributed by atoms with Gasteiger partial charge in [-0.1, -0.05) is 91.0 Å². The van der Waals surface area contributed by atoms with Gasteiger partial charge in [0.2, 0.25) is 11.8 Å². The van der Waals surface area contributed by atoms with E-state index in [1.54, 1.807) is 6.92 Å². The Hall–Kier alpha value is -3.93. The molecule has 0 bridgehead atoms. The van der Waals surface area contributed by atoms with Crippen LogP contribution in [0.4, 0.5) is 0 Å². The summed E-state index contributed by atoms with van der Waals surface area (Å²) in [6.45, 7) is 2.02. The van der Waals surface area contributed by atoms with Gasteiger partial charge >= 0.3 is 5.97 Å². The Morgan fingerprint density at radius 1 is 0.706 bits per heavy atom. The molecule has 3 aromatic rings. The zero-order valence-corrected chi connectivity index (χ0v) is 19.3. The molecule has 6 heteroatoms. The van der Waals surface area contributed by atoms with Gasteiger partial charge in [-0.05, 0) is 23.6 Å². The molecule has 0 atom stereocenters. The Morgan fingerprint density at radius 3 is 1.62 bits per heavy atom. The molecule has 0 aliphatic rings. The van der Waals surface area contributed by atoms with Gasteiger partial charge in [0.05, 0.1) is 25.0 Å². The van der Waals surface area contributed by atoms with Crippen molar-refractivity contribution in [3.63, 3.8) is 0 Å². The lowest BCUT2D eigenvalue weighted by Gasteiger charge is -2.35. The Kier molecular flexibility index (Phi) is 8.97. The van der Waals surface area contributed by atoms with Crippen molar-refractivity contribution in [2.75, 3.05) is 19.7 Å². The normalized spacial score (nSPS) is 10.9. The first-order chi connectivity index (χ1) is 16.6. The largest absolute Gasteiger partial charge is 0.466 e. The van der Waals surface area contributed by atoms with Crippen molar-refractivity contribution in [1.82, 2.24) is 10.6 Å². The second-order valence-corrected chi connectivity index (χ2v) is 7.86. The van der Waals surface area contributed by atoms with Crippen LogP contribution in [0.1, 0.15) is 36.5 Å². The molecule has 0 heterocycles. The lowest BCUT2D eigenvalue weighted by molar-refractivity contribution is -0.143. The van der Waals surface area contributed by atoms with E-state index in [1.807, 2.05) is 91.0 Å². The molecule has 0 saturated carbocycles. The second-order valence-electron chi connectivity index (χ2n) is 7.86. The van der Waals surface area contributed by atoms with Gasteiger partial charge in [0, 0.05) is 13.0 Å².